The van der Waals surface area contributed by atoms with Crippen molar-refractivity contribution in [1.29, 1.82) is 0 Å². The number of benzene rings is 1. The van der Waals surface area contributed by atoms with Gasteiger partial charge in [-0.1, -0.05) is 64.3 Å². The Morgan fingerprint density at radius 3 is 1.64 bits per heavy atom. The van der Waals surface area contributed by atoms with Crippen LogP contribution in [0.25, 0.3) is 11.1 Å². The molecule has 11 heterocycles. The number of ether oxygens (including phenoxy) is 2. The van der Waals surface area contributed by atoms with E-state index in [4.69, 9.17) is 19.7 Å². The lowest BCUT2D eigenvalue weighted by Gasteiger charge is -2.26. The number of aliphatic hydroxyl groups excluding tert-OH is 1. The van der Waals surface area contributed by atoms with Gasteiger partial charge in [0.1, 0.15) is 12.2 Å². The van der Waals surface area contributed by atoms with Gasteiger partial charge in [-0.25, -0.2) is 19.3 Å². The Labute approximate surface area is 537 Å². The Bertz CT molecular complexity index is 3390. The van der Waals surface area contributed by atoms with E-state index in [1.54, 1.807) is 35.7 Å². The van der Waals surface area contributed by atoms with Gasteiger partial charge in [0.05, 0.1) is 55.7 Å². The van der Waals surface area contributed by atoms with Gasteiger partial charge in [-0.05, 0) is 73.6 Å². The second kappa shape index (κ2) is 37.4. The number of aryl methyl sites for hydroxylation is 3. The van der Waals surface area contributed by atoms with Crippen molar-refractivity contribution in [3.8, 4) is 11.1 Å². The van der Waals surface area contributed by atoms with Gasteiger partial charge in [0.15, 0.2) is 0 Å². The van der Waals surface area contributed by atoms with E-state index in [-0.39, 0.29) is 30.9 Å². The zero-order valence-electron chi connectivity index (χ0n) is 53.9. The Morgan fingerprint density at radius 2 is 1.14 bits per heavy atom. The summed E-state index contributed by atoms with van der Waals surface area (Å²) in [6.45, 7) is 20.0. The quantitative estimate of drug-likeness (QED) is 0.0534. The average molecular weight is 1260 g/mol. The first-order chi connectivity index (χ1) is 45.0. The maximum Gasteiger partial charge on any atom is 0.244 e. The summed E-state index contributed by atoms with van der Waals surface area (Å²) >= 11 is 0. The third kappa shape index (κ3) is 22.5. The van der Waals surface area contributed by atoms with Gasteiger partial charge < -0.3 is 24.8 Å². The number of morpholine rings is 2. The Balaban J connectivity index is 0.000000172. The van der Waals surface area contributed by atoms with Crippen LogP contribution in [0.1, 0.15) is 120 Å². The van der Waals surface area contributed by atoms with Gasteiger partial charge in [0.2, 0.25) is 23.7 Å². The third-order valence-corrected chi connectivity index (χ3v) is 15.6. The summed E-state index contributed by atoms with van der Waals surface area (Å²) in [6.07, 6.45) is 25.8. The Kier molecular flexibility index (Phi) is 28.1. The molecular formula is C65H91N21O6. The van der Waals surface area contributed by atoms with Crippen LogP contribution in [0.15, 0.2) is 104 Å². The van der Waals surface area contributed by atoms with Crippen LogP contribution in [0.2, 0.25) is 0 Å². The van der Waals surface area contributed by atoms with Crippen molar-refractivity contribution in [2.24, 2.45) is 0 Å². The molecule has 0 spiro atoms. The van der Waals surface area contributed by atoms with Crippen molar-refractivity contribution >= 4 is 23.7 Å². The maximum absolute atomic E-state index is 13.2. The molecule has 0 saturated carbocycles. The summed E-state index contributed by atoms with van der Waals surface area (Å²) in [5, 5.41) is 55.9. The van der Waals surface area contributed by atoms with Crippen LogP contribution in [0.3, 0.4) is 0 Å². The molecule has 27 nitrogen and oxygen atoms in total. The summed E-state index contributed by atoms with van der Waals surface area (Å²) in [5.74, 6) is 0.571. The minimum atomic E-state index is -0.0349. The van der Waals surface area contributed by atoms with Crippen LogP contribution in [0.5, 0.6) is 0 Å². The van der Waals surface area contributed by atoms with Crippen molar-refractivity contribution in [2.45, 2.75) is 131 Å². The highest BCUT2D eigenvalue weighted by Crippen LogP contribution is 2.26. The number of aliphatic hydroxyl groups is 1. The fourth-order valence-electron chi connectivity index (χ4n) is 10.6. The molecule has 2 fully saturated rings. The number of carbonyl (C=O) groups excluding carboxylic acids is 3. The van der Waals surface area contributed by atoms with Crippen molar-refractivity contribution in [3.05, 3.63) is 161 Å². The minimum Gasteiger partial charge on any atom is -0.396 e. The van der Waals surface area contributed by atoms with Crippen molar-refractivity contribution in [2.75, 3.05) is 84.2 Å². The molecule has 1 amide bonds. The fraction of sp³-hybridized carbons (Fsp3) is 0.492. The third-order valence-electron chi connectivity index (χ3n) is 15.6. The predicted octanol–water partition coefficient (Wildman–Crippen LogP) is 6.08. The van der Waals surface area contributed by atoms with E-state index >= 15 is 0 Å². The molecule has 4 aliphatic rings. The molecule has 2 saturated heterocycles. The van der Waals surface area contributed by atoms with E-state index in [1.165, 1.54) is 52.1 Å². The molecule has 9 aromatic rings. The number of amides is 1. The summed E-state index contributed by atoms with van der Waals surface area (Å²) in [7, 11) is 0. The molecule has 0 radical (unpaired) electrons. The number of hydrogen-bond acceptors (Lipinski definition) is 19. The highest BCUT2D eigenvalue weighted by Gasteiger charge is 2.26. The van der Waals surface area contributed by atoms with E-state index in [9.17, 15) is 14.4 Å². The number of nitrogens with one attached hydrogen (secondary N) is 5. The Morgan fingerprint density at radius 1 is 0.620 bits per heavy atom. The second-order valence-corrected chi connectivity index (χ2v) is 22.7. The van der Waals surface area contributed by atoms with Crippen LogP contribution in [-0.4, -0.2) is 208 Å². The molecule has 0 unspecified atom stereocenters. The van der Waals surface area contributed by atoms with Crippen molar-refractivity contribution in [1.82, 2.24) is 100 Å². The Hall–Kier alpha value is -8.89. The predicted molar refractivity (Wildman–Crippen MR) is 348 cm³/mol. The lowest BCUT2D eigenvalue weighted by Crippen LogP contribution is -2.38. The molecule has 8 aromatic heterocycles. The first-order valence-corrected chi connectivity index (χ1v) is 32.1. The normalized spacial score (nSPS) is 14.5. The summed E-state index contributed by atoms with van der Waals surface area (Å²) in [5.41, 5.74) is 12.8. The van der Waals surface area contributed by atoms with E-state index < -0.39 is 0 Å². The second-order valence-electron chi connectivity index (χ2n) is 22.7. The highest BCUT2D eigenvalue weighted by molar-refractivity contribution is 5.77. The van der Waals surface area contributed by atoms with Crippen LogP contribution in [0.4, 0.5) is 5.95 Å². The van der Waals surface area contributed by atoms with Gasteiger partial charge in [-0.15, -0.1) is 0 Å². The number of aromatic nitrogens is 17. The number of nitrogens with zero attached hydrogens (tertiary/aromatic N) is 16. The van der Waals surface area contributed by atoms with E-state index in [2.05, 4.69) is 126 Å². The largest absolute Gasteiger partial charge is 0.396 e. The highest BCUT2D eigenvalue weighted by atomic mass is 16.5. The van der Waals surface area contributed by atoms with E-state index in [1.807, 2.05) is 53.8 Å². The van der Waals surface area contributed by atoms with Crippen LogP contribution < -0.4 is 5.32 Å². The summed E-state index contributed by atoms with van der Waals surface area (Å²) in [4.78, 5) is 50.7. The van der Waals surface area contributed by atoms with Crippen molar-refractivity contribution in [3.63, 3.8) is 0 Å². The van der Waals surface area contributed by atoms with Gasteiger partial charge >= 0.3 is 0 Å². The first kappa shape index (κ1) is 69.0. The molecular weight excluding hydrogens is 1170 g/mol. The molecule has 92 heavy (non-hydrogen) atoms. The number of anilines is 1. The van der Waals surface area contributed by atoms with Gasteiger partial charge in [-0.3, -0.25) is 44.2 Å². The standard InChI is InChI=1S/C29H34N10O2.C9H15N3O.2C8H12N2O.C6H10N2.C5H8N2O/c40-28(38-8-6-26-27(18-38)34-36-33-26)19-39-17-24(25(35-39)5-7-37-9-11-41-12-10-37)22-15-30-29(31-16-22)32-23-13-20-3-1-2-4-21(20)14-23;1-3-10-11-9(1)2-4-12-5-7-13-8-6-12;2*1-3-4-8-5-6-10(9-8)7(2)11;1-2-3-6-4-5-7-8-6;8-4-2-5-1-3-6-7-5/h1-4,15-17,23H,5-14,18-19H2,(H,30,31,32)(H,33,34,36);1,3H,2,4-8H2,(H,10,11);2*5-6H,3-4H2,1-2H3;4-5H,2-3H2,1H3,(H,7,8);1,3,8H,2,4H2,(H,6,7). The number of rotatable bonds is 19. The zero-order chi connectivity index (χ0) is 64.7. The zero-order valence-corrected chi connectivity index (χ0v) is 53.9. The van der Waals surface area contributed by atoms with Crippen LogP contribution in [-0.2, 0) is 85.1 Å². The maximum atomic E-state index is 13.2. The number of aromatic amines is 4. The molecule has 3 aliphatic heterocycles. The first-order valence-electron chi connectivity index (χ1n) is 32.1. The summed E-state index contributed by atoms with van der Waals surface area (Å²) < 4.78 is 15.3. The van der Waals surface area contributed by atoms with Gasteiger partial charge in [0.25, 0.3) is 0 Å². The minimum absolute atomic E-state index is 0.0146. The molecule has 1 aromatic carbocycles. The van der Waals surface area contributed by atoms with Crippen LogP contribution in [0, 0.1) is 0 Å². The number of carbonyl (C=O) groups is 3. The summed E-state index contributed by atoms with van der Waals surface area (Å²) in [6, 6.07) is 18.5. The molecule has 492 valence electrons. The molecule has 1 aliphatic carbocycles. The smallest absolute Gasteiger partial charge is 0.244 e. The average Bonchev–Trinajstić information content (AvgIpc) is 2.60. The van der Waals surface area contributed by atoms with E-state index in [0.717, 1.165) is 169 Å². The van der Waals surface area contributed by atoms with Gasteiger partial charge in [-0.2, -0.15) is 46.0 Å². The van der Waals surface area contributed by atoms with Gasteiger partial charge in [0, 0.05) is 176 Å². The SMILES string of the molecule is CCCc1ccn(C(C)=O)n1.CCCc1ccn(C(C)=O)n1.CCCc1ccn[nH]1.O=C(Cn1cc(-c2cnc(NC3Cc4ccccc4C3)nc2)c(CCN2CCOCC2)n1)N1CCc2n[nH]nc2C1.OCCc1ccn[nH]1.c1cc(CCN2CCOCC2)[nH]n1. The molecule has 27 heteroatoms. The van der Waals surface area contributed by atoms with Crippen molar-refractivity contribution < 1.29 is 29.0 Å². The number of fused-ring (bicyclic) bond motifs is 2. The molecule has 13 rings (SSSR count). The lowest BCUT2D eigenvalue weighted by molar-refractivity contribution is -0.133. The molecule has 0 bridgehead atoms. The topological polar surface area (TPSA) is 319 Å². The van der Waals surface area contributed by atoms with Crippen LogP contribution >= 0.6 is 0 Å². The lowest BCUT2D eigenvalue weighted by atomic mass is 10.1. The monoisotopic (exact) mass is 1260 g/mol. The van der Waals surface area contributed by atoms with E-state index in [0.29, 0.717) is 37.9 Å². The fourth-order valence-corrected chi connectivity index (χ4v) is 10.6. The molecule has 0 atom stereocenters. The molecule has 6 N–H and O–H groups in total. The number of hydrogen-bond donors (Lipinski definition) is 6. The number of H-pyrrole nitrogens is 4.